The Kier molecular flexibility index (Phi) is 17.1. The van der Waals surface area contributed by atoms with E-state index in [9.17, 15) is 32.5 Å². The molecule has 14 nitrogen and oxygen atoms in total. The average Bonchev–Trinajstić information content (AvgIpc) is 3.15. The number of ether oxygens (including phenoxy) is 4. The summed E-state index contributed by atoms with van der Waals surface area (Å²) >= 11 is 0. The molecule has 0 spiro atoms. The molecule has 0 aliphatic heterocycles. The molecule has 16 heteroatoms. The summed E-state index contributed by atoms with van der Waals surface area (Å²) in [6, 6.07) is 15.3. The molecule has 1 atom stereocenters. The van der Waals surface area contributed by atoms with E-state index in [1.807, 2.05) is 12.1 Å². The third-order valence-corrected chi connectivity index (χ3v) is 10.1. The first-order valence-electron chi connectivity index (χ1n) is 17.8. The minimum Gasteiger partial charge on any atom is -0.497 e. The molecule has 0 aromatic heterocycles. The smallest absolute Gasteiger partial charge is 0.414 e. The van der Waals surface area contributed by atoms with Crippen LogP contribution in [0.5, 0.6) is 5.75 Å². The van der Waals surface area contributed by atoms with Crippen molar-refractivity contribution in [3.63, 3.8) is 0 Å². The number of carbonyl (C=O) groups excluding carboxylic acids is 2. The first kappa shape index (κ1) is 45.2. The van der Waals surface area contributed by atoms with E-state index >= 15 is 0 Å². The molecular weight excluding hydrogens is 748 g/mol. The first-order valence-corrected chi connectivity index (χ1v) is 19.3. The number of non-ortho nitro benzene ring substituents is 1. The highest BCUT2D eigenvalue weighted by atomic mass is 32.2. The lowest BCUT2D eigenvalue weighted by Gasteiger charge is -2.31. The number of rotatable bonds is 22. The summed E-state index contributed by atoms with van der Waals surface area (Å²) in [4.78, 5) is 42.0. The number of nitro benzene ring substituents is 1. The van der Waals surface area contributed by atoms with Crippen LogP contribution in [0.4, 0.5) is 20.6 Å². The van der Waals surface area contributed by atoms with Crippen LogP contribution in [0.3, 0.4) is 0 Å². The molecule has 0 saturated heterocycles. The van der Waals surface area contributed by atoms with Crippen LogP contribution in [0.25, 0.3) is 0 Å². The maximum Gasteiger partial charge on any atom is 0.414 e. The monoisotopic (exact) mass is 798 g/mol. The largest absolute Gasteiger partial charge is 0.497 e. The molecule has 0 unspecified atom stereocenters. The van der Waals surface area contributed by atoms with Gasteiger partial charge in [0, 0.05) is 45.4 Å². The molecule has 0 bridgehead atoms. The highest BCUT2D eigenvalue weighted by Crippen LogP contribution is 2.29. The van der Waals surface area contributed by atoms with Gasteiger partial charge in [-0.2, -0.15) is 4.31 Å². The molecule has 0 N–H and O–H groups in total. The number of nitrogens with zero attached hydrogens (tertiary/aromatic N) is 4. The second-order valence-electron chi connectivity index (χ2n) is 13.6. The third-order valence-electron chi connectivity index (χ3n) is 8.26. The van der Waals surface area contributed by atoms with Crippen LogP contribution in [0.2, 0.25) is 0 Å². The number of nitro groups is 1. The number of sulfonamides is 1. The van der Waals surface area contributed by atoms with Crippen molar-refractivity contribution in [3.05, 3.63) is 119 Å². The van der Waals surface area contributed by atoms with Crippen LogP contribution in [0.1, 0.15) is 49.5 Å². The zero-order valence-corrected chi connectivity index (χ0v) is 33.3. The van der Waals surface area contributed by atoms with Gasteiger partial charge in [-0.15, -0.1) is 13.2 Å². The predicted molar refractivity (Wildman–Crippen MR) is 211 cm³/mol. The van der Waals surface area contributed by atoms with Gasteiger partial charge in [-0.1, -0.05) is 24.3 Å². The van der Waals surface area contributed by atoms with Crippen molar-refractivity contribution in [2.24, 2.45) is 0 Å². The normalized spacial score (nSPS) is 12.1. The van der Waals surface area contributed by atoms with Crippen molar-refractivity contribution in [2.45, 2.75) is 56.8 Å². The first-order chi connectivity index (χ1) is 26.5. The van der Waals surface area contributed by atoms with Crippen LogP contribution in [0.15, 0.2) is 96.9 Å². The maximum atomic E-state index is 14.6. The molecule has 56 heavy (non-hydrogen) atoms. The third kappa shape index (κ3) is 13.5. The van der Waals surface area contributed by atoms with Gasteiger partial charge in [0.2, 0.25) is 10.0 Å². The molecule has 0 fully saturated rings. The summed E-state index contributed by atoms with van der Waals surface area (Å²) in [5, 5.41) is 12.0. The second kappa shape index (κ2) is 21.2. The number of benzene rings is 3. The van der Waals surface area contributed by atoms with Crippen LogP contribution < -0.4 is 9.64 Å². The summed E-state index contributed by atoms with van der Waals surface area (Å²) in [5.74, 6) is -0.562. The van der Waals surface area contributed by atoms with Crippen molar-refractivity contribution >= 4 is 33.4 Å². The summed E-state index contributed by atoms with van der Waals surface area (Å²) < 4.78 is 64.1. The molecule has 0 radical (unpaired) electrons. The molecule has 3 rings (SSSR count). The van der Waals surface area contributed by atoms with E-state index in [-0.39, 0.29) is 74.3 Å². The Balaban J connectivity index is 1.99. The Morgan fingerprint density at radius 1 is 0.982 bits per heavy atom. The number of halogens is 1. The standard InChI is InChI=1S/C40H51FN4O10S/c1-8-10-22-44(39(47)55-40(3,4)5)37-20-15-32(45(48)49)27-36(37)38(46)43(24-26-53-29-30-11-16-33(52-7)17-12-30)23-21-34(54-25-9-2)28-42(6)56(50,51)35-18-13-31(41)14-19-35/h8-9,11-20,27,34H,1-2,10,21-26,28-29H2,3-7H3/t34-/m1/s1. The number of carbonyl (C=O) groups is 2. The molecule has 0 heterocycles. The summed E-state index contributed by atoms with van der Waals surface area (Å²) in [5.41, 5.74) is -0.461. The number of amides is 2. The number of hydrogen-bond acceptors (Lipinski definition) is 10. The average molecular weight is 799 g/mol. The van der Waals surface area contributed by atoms with Crippen molar-refractivity contribution in [1.82, 2.24) is 9.21 Å². The SMILES string of the molecule is C=CCCN(C(=O)OC(C)(C)C)c1ccc([N+](=O)[O-])cc1C(=O)N(CCOCc1ccc(OC)cc1)CC[C@H](CN(C)S(=O)(=O)c1ccc(F)cc1)OCC=C. The molecule has 304 valence electrons. The highest BCUT2D eigenvalue weighted by Gasteiger charge is 2.31. The van der Waals surface area contributed by atoms with Gasteiger partial charge in [0.1, 0.15) is 17.2 Å². The Morgan fingerprint density at radius 3 is 2.25 bits per heavy atom. The van der Waals surface area contributed by atoms with E-state index in [2.05, 4.69) is 13.2 Å². The predicted octanol–water partition coefficient (Wildman–Crippen LogP) is 7.00. The van der Waals surface area contributed by atoms with E-state index in [1.165, 1.54) is 47.2 Å². The fourth-order valence-corrected chi connectivity index (χ4v) is 6.57. The van der Waals surface area contributed by atoms with Gasteiger partial charge >= 0.3 is 6.09 Å². The lowest BCUT2D eigenvalue weighted by molar-refractivity contribution is -0.384. The molecule has 0 aliphatic carbocycles. The summed E-state index contributed by atoms with van der Waals surface area (Å²) in [6.07, 6.45) is 2.00. The van der Waals surface area contributed by atoms with E-state index < -0.39 is 44.5 Å². The molecule has 3 aromatic rings. The van der Waals surface area contributed by atoms with Gasteiger partial charge in [0.15, 0.2) is 0 Å². The van der Waals surface area contributed by atoms with Gasteiger partial charge < -0.3 is 23.8 Å². The zero-order valence-electron chi connectivity index (χ0n) is 32.5. The molecule has 2 amide bonds. The minimum absolute atomic E-state index is 0.00805. The number of hydrogen-bond donors (Lipinski definition) is 0. The topological polar surface area (TPSA) is 158 Å². The summed E-state index contributed by atoms with van der Waals surface area (Å²) in [6.45, 7) is 12.7. The van der Waals surface area contributed by atoms with Gasteiger partial charge in [-0.05, 0) is 81.6 Å². The van der Waals surface area contributed by atoms with E-state index in [4.69, 9.17) is 18.9 Å². The van der Waals surface area contributed by atoms with E-state index in [0.29, 0.717) is 12.2 Å². The molecular formula is C40H51FN4O10S. The Labute approximate surface area is 328 Å². The molecule has 3 aromatic carbocycles. The zero-order chi connectivity index (χ0) is 41.5. The van der Waals surface area contributed by atoms with Crippen molar-refractivity contribution < 1.29 is 46.3 Å². The van der Waals surface area contributed by atoms with Crippen LogP contribution >= 0.6 is 0 Å². The van der Waals surface area contributed by atoms with Gasteiger partial charge in [-0.3, -0.25) is 19.8 Å². The fraction of sp³-hybridized carbons (Fsp3) is 0.400. The fourth-order valence-electron chi connectivity index (χ4n) is 5.37. The van der Waals surface area contributed by atoms with Crippen molar-refractivity contribution in [1.29, 1.82) is 0 Å². The Morgan fingerprint density at radius 2 is 1.66 bits per heavy atom. The van der Waals surface area contributed by atoms with E-state index in [0.717, 1.165) is 28.1 Å². The Hall–Kier alpha value is -5.16. The van der Waals surface area contributed by atoms with E-state index in [1.54, 1.807) is 46.1 Å². The van der Waals surface area contributed by atoms with Crippen molar-refractivity contribution in [3.8, 4) is 5.75 Å². The van der Waals surface area contributed by atoms with Crippen molar-refractivity contribution in [2.75, 3.05) is 58.5 Å². The molecule has 0 aliphatic rings. The summed E-state index contributed by atoms with van der Waals surface area (Å²) in [7, 11) is -1.12. The Bertz CT molecular complexity index is 1900. The molecule has 0 saturated carbocycles. The van der Waals surface area contributed by atoms with Gasteiger partial charge in [0.25, 0.3) is 11.6 Å². The van der Waals surface area contributed by atoms with Crippen LogP contribution in [-0.4, -0.2) is 99.8 Å². The minimum atomic E-state index is -4.05. The highest BCUT2D eigenvalue weighted by molar-refractivity contribution is 7.89. The number of anilines is 1. The lowest BCUT2D eigenvalue weighted by atomic mass is 10.1. The van der Waals surface area contributed by atoms with Gasteiger partial charge in [0.05, 0.1) is 54.1 Å². The second-order valence-corrected chi connectivity index (χ2v) is 15.7. The van der Waals surface area contributed by atoms with Crippen LogP contribution in [-0.2, 0) is 30.8 Å². The lowest BCUT2D eigenvalue weighted by Crippen LogP contribution is -2.42. The maximum absolute atomic E-state index is 14.6. The quantitative estimate of drug-likeness (QED) is 0.0449. The van der Waals surface area contributed by atoms with Gasteiger partial charge in [-0.25, -0.2) is 17.6 Å². The van der Waals surface area contributed by atoms with Crippen LogP contribution in [0, 0.1) is 15.9 Å². The number of methoxy groups -OCH3 is 1. The number of likely N-dealkylation sites (N-methyl/N-ethyl adjacent to an activating group) is 1.